The number of nitrogens with one attached hydrogen (secondary N) is 1. The van der Waals surface area contributed by atoms with Crippen LogP contribution in [-0.4, -0.2) is 18.8 Å². The molecule has 0 aromatic heterocycles. The van der Waals surface area contributed by atoms with E-state index >= 15 is 0 Å². The zero-order valence-electron chi connectivity index (χ0n) is 12.5. The van der Waals surface area contributed by atoms with Crippen LogP contribution in [0.3, 0.4) is 0 Å². The topological polar surface area (TPSA) is 38.3 Å². The first-order valence-electron chi connectivity index (χ1n) is 7.41. The zero-order chi connectivity index (χ0) is 16.2. The average molecular weight is 315 g/mol. The molecule has 1 aliphatic carbocycles. The van der Waals surface area contributed by atoms with E-state index in [0.717, 1.165) is 31.2 Å². The molecule has 0 heterocycles. The largest absolute Gasteiger partial charge is 0.573 e. The molecular formula is C16H20F3NO2. The van der Waals surface area contributed by atoms with Gasteiger partial charge in [-0.1, -0.05) is 31.9 Å². The van der Waals surface area contributed by atoms with Crippen molar-refractivity contribution in [3.8, 4) is 5.75 Å². The number of rotatable bonds is 5. The Balaban J connectivity index is 1.78. The number of benzene rings is 1. The summed E-state index contributed by atoms with van der Waals surface area (Å²) in [6.45, 7) is 2.46. The lowest BCUT2D eigenvalue weighted by molar-refractivity contribution is -0.274. The number of alkyl halides is 3. The first-order chi connectivity index (χ1) is 10.3. The van der Waals surface area contributed by atoms with Crippen LogP contribution < -0.4 is 10.1 Å². The Bertz CT molecular complexity index is 505. The number of carbonyl (C=O) groups is 1. The van der Waals surface area contributed by atoms with Crippen LogP contribution in [0.15, 0.2) is 24.3 Å². The fraction of sp³-hybridized carbons (Fsp3) is 0.562. The van der Waals surface area contributed by atoms with E-state index in [9.17, 15) is 18.0 Å². The van der Waals surface area contributed by atoms with Crippen LogP contribution in [0.2, 0.25) is 0 Å². The SMILES string of the molecule is CC1(C(=O)NCCc2ccc(OC(F)(F)F)cc2)CCCC1. The van der Waals surface area contributed by atoms with Crippen molar-refractivity contribution in [2.75, 3.05) is 6.54 Å². The average Bonchev–Trinajstić information content (AvgIpc) is 2.87. The van der Waals surface area contributed by atoms with Gasteiger partial charge < -0.3 is 10.1 Å². The molecule has 122 valence electrons. The Morgan fingerprint density at radius 2 is 1.82 bits per heavy atom. The third-order valence-corrected chi connectivity index (χ3v) is 4.11. The minimum Gasteiger partial charge on any atom is -0.406 e. The maximum atomic E-state index is 12.1. The molecule has 0 radical (unpaired) electrons. The predicted molar refractivity (Wildman–Crippen MR) is 76.4 cm³/mol. The molecule has 6 heteroatoms. The van der Waals surface area contributed by atoms with Crippen molar-refractivity contribution in [1.82, 2.24) is 5.32 Å². The maximum absolute atomic E-state index is 12.1. The minimum atomic E-state index is -4.67. The number of halogens is 3. The first kappa shape index (κ1) is 16.6. The number of carbonyl (C=O) groups excluding carboxylic acids is 1. The highest BCUT2D eigenvalue weighted by Crippen LogP contribution is 2.37. The van der Waals surface area contributed by atoms with Gasteiger partial charge in [0.05, 0.1) is 0 Å². The highest BCUT2D eigenvalue weighted by atomic mass is 19.4. The Hall–Kier alpha value is -1.72. The standard InChI is InChI=1S/C16H20F3NO2/c1-15(9-2-3-10-15)14(21)20-11-8-12-4-6-13(7-5-12)22-16(17,18)19/h4-7H,2-3,8-11H2,1H3,(H,20,21). The van der Waals surface area contributed by atoms with Crippen molar-refractivity contribution in [2.24, 2.45) is 5.41 Å². The van der Waals surface area contributed by atoms with Crippen LogP contribution in [0, 0.1) is 5.41 Å². The molecule has 0 spiro atoms. The van der Waals surface area contributed by atoms with E-state index in [1.807, 2.05) is 6.92 Å². The molecule has 0 unspecified atom stereocenters. The van der Waals surface area contributed by atoms with Crippen molar-refractivity contribution in [2.45, 2.75) is 45.4 Å². The van der Waals surface area contributed by atoms with Crippen LogP contribution in [0.1, 0.15) is 38.2 Å². The van der Waals surface area contributed by atoms with Crippen LogP contribution in [-0.2, 0) is 11.2 Å². The summed E-state index contributed by atoms with van der Waals surface area (Å²) in [5.41, 5.74) is 0.594. The Kier molecular flexibility index (Phi) is 4.98. The second-order valence-electron chi connectivity index (χ2n) is 5.97. The molecule has 0 bridgehead atoms. The monoisotopic (exact) mass is 315 g/mol. The molecular weight excluding hydrogens is 295 g/mol. The van der Waals surface area contributed by atoms with Gasteiger partial charge in [-0.2, -0.15) is 0 Å². The van der Waals surface area contributed by atoms with E-state index in [1.54, 1.807) is 12.1 Å². The Morgan fingerprint density at radius 3 is 2.36 bits per heavy atom. The van der Waals surface area contributed by atoms with Gasteiger partial charge in [0.25, 0.3) is 0 Å². The summed E-state index contributed by atoms with van der Waals surface area (Å²) in [7, 11) is 0. The number of ether oxygens (including phenoxy) is 1. The van der Waals surface area contributed by atoms with Crippen LogP contribution >= 0.6 is 0 Å². The van der Waals surface area contributed by atoms with Gasteiger partial charge in [0.2, 0.25) is 5.91 Å². The summed E-state index contributed by atoms with van der Waals surface area (Å²) in [5.74, 6) is -0.166. The molecule has 1 aromatic carbocycles. The number of hydrogen-bond donors (Lipinski definition) is 1. The van der Waals surface area contributed by atoms with E-state index in [-0.39, 0.29) is 17.1 Å². The molecule has 1 aliphatic rings. The van der Waals surface area contributed by atoms with Gasteiger partial charge in [-0.15, -0.1) is 13.2 Å². The lowest BCUT2D eigenvalue weighted by Gasteiger charge is -2.22. The summed E-state index contributed by atoms with van der Waals surface area (Å²) < 4.78 is 40.0. The quantitative estimate of drug-likeness (QED) is 0.897. The summed E-state index contributed by atoms with van der Waals surface area (Å²) in [6.07, 6.45) is -0.0832. The van der Waals surface area contributed by atoms with E-state index < -0.39 is 6.36 Å². The lowest BCUT2D eigenvalue weighted by atomic mass is 9.88. The minimum absolute atomic E-state index is 0.0713. The van der Waals surface area contributed by atoms with E-state index in [1.165, 1.54) is 12.1 Å². The highest BCUT2D eigenvalue weighted by Gasteiger charge is 2.35. The van der Waals surface area contributed by atoms with Gasteiger partial charge in [0.15, 0.2) is 0 Å². The van der Waals surface area contributed by atoms with Gasteiger partial charge in [-0.25, -0.2) is 0 Å². The summed E-state index contributed by atoms with van der Waals surface area (Å²) in [6, 6.07) is 5.71. The highest BCUT2D eigenvalue weighted by molar-refractivity contribution is 5.82. The zero-order valence-corrected chi connectivity index (χ0v) is 12.5. The Labute approximate surface area is 127 Å². The maximum Gasteiger partial charge on any atom is 0.573 e. The van der Waals surface area contributed by atoms with Gasteiger partial charge >= 0.3 is 6.36 Å². The van der Waals surface area contributed by atoms with Gasteiger partial charge in [-0.05, 0) is 37.0 Å². The van der Waals surface area contributed by atoms with Crippen molar-refractivity contribution in [3.05, 3.63) is 29.8 Å². The van der Waals surface area contributed by atoms with Gasteiger partial charge in [0, 0.05) is 12.0 Å². The Morgan fingerprint density at radius 1 is 1.23 bits per heavy atom. The third kappa shape index (κ3) is 4.64. The van der Waals surface area contributed by atoms with Crippen molar-refractivity contribution < 1.29 is 22.7 Å². The lowest BCUT2D eigenvalue weighted by Crippen LogP contribution is -2.38. The van der Waals surface area contributed by atoms with Crippen molar-refractivity contribution >= 4 is 5.91 Å². The van der Waals surface area contributed by atoms with E-state index in [2.05, 4.69) is 10.1 Å². The summed E-state index contributed by atoms with van der Waals surface area (Å²) in [4.78, 5) is 12.1. The smallest absolute Gasteiger partial charge is 0.406 e. The van der Waals surface area contributed by atoms with Gasteiger partial charge in [-0.3, -0.25) is 4.79 Å². The molecule has 2 rings (SSSR count). The number of amides is 1. The molecule has 1 saturated carbocycles. The molecule has 1 aromatic rings. The molecule has 1 fully saturated rings. The molecule has 0 aliphatic heterocycles. The van der Waals surface area contributed by atoms with Crippen LogP contribution in [0.25, 0.3) is 0 Å². The second kappa shape index (κ2) is 6.58. The molecule has 22 heavy (non-hydrogen) atoms. The first-order valence-corrected chi connectivity index (χ1v) is 7.41. The van der Waals surface area contributed by atoms with Crippen LogP contribution in [0.4, 0.5) is 13.2 Å². The third-order valence-electron chi connectivity index (χ3n) is 4.11. The molecule has 0 saturated heterocycles. The predicted octanol–water partition coefficient (Wildman–Crippen LogP) is 3.82. The summed E-state index contributed by atoms with van der Waals surface area (Å²) in [5, 5.41) is 2.92. The van der Waals surface area contributed by atoms with Crippen molar-refractivity contribution in [1.29, 1.82) is 0 Å². The van der Waals surface area contributed by atoms with Crippen molar-refractivity contribution in [3.63, 3.8) is 0 Å². The molecule has 1 N–H and O–H groups in total. The fourth-order valence-electron chi connectivity index (χ4n) is 2.77. The molecule has 3 nitrogen and oxygen atoms in total. The number of hydrogen-bond acceptors (Lipinski definition) is 2. The normalized spacial score (nSPS) is 17.3. The van der Waals surface area contributed by atoms with E-state index in [4.69, 9.17) is 0 Å². The molecule has 1 amide bonds. The second-order valence-corrected chi connectivity index (χ2v) is 5.97. The van der Waals surface area contributed by atoms with Gasteiger partial charge in [0.1, 0.15) is 5.75 Å². The summed E-state index contributed by atoms with van der Waals surface area (Å²) >= 11 is 0. The van der Waals surface area contributed by atoms with Crippen LogP contribution in [0.5, 0.6) is 5.75 Å². The molecule has 0 atom stereocenters. The van der Waals surface area contributed by atoms with E-state index in [0.29, 0.717) is 13.0 Å². The fourth-order valence-corrected chi connectivity index (χ4v) is 2.77.